The molecule has 1 aliphatic rings. The highest BCUT2D eigenvalue weighted by molar-refractivity contribution is 7.89. The number of para-hydroxylation sites is 1. The van der Waals surface area contributed by atoms with Crippen LogP contribution in [0.3, 0.4) is 0 Å². The van der Waals surface area contributed by atoms with Crippen molar-refractivity contribution in [2.45, 2.75) is 51.0 Å². The zero-order chi connectivity index (χ0) is 22.7. The summed E-state index contributed by atoms with van der Waals surface area (Å²) in [7, 11) is -3.51. The minimum absolute atomic E-state index is 0.180. The summed E-state index contributed by atoms with van der Waals surface area (Å²) >= 11 is 0. The molecule has 0 radical (unpaired) electrons. The molecule has 1 aromatic heterocycles. The molecule has 2 aromatic carbocycles. The number of aryl methyl sites for hydroxylation is 1. The Bertz CT molecular complexity index is 1250. The Morgan fingerprint density at radius 3 is 2.56 bits per heavy atom. The Balaban J connectivity index is 1.57. The van der Waals surface area contributed by atoms with Crippen molar-refractivity contribution in [2.75, 3.05) is 13.1 Å². The van der Waals surface area contributed by atoms with Crippen LogP contribution in [0.15, 0.2) is 53.4 Å². The third-order valence-electron chi connectivity index (χ3n) is 6.10. The molecule has 0 spiro atoms. The van der Waals surface area contributed by atoms with E-state index in [1.165, 1.54) is 0 Å². The highest BCUT2D eigenvalue weighted by Gasteiger charge is 2.26. The zero-order valence-corrected chi connectivity index (χ0v) is 19.4. The van der Waals surface area contributed by atoms with Crippen molar-refractivity contribution in [3.8, 4) is 0 Å². The molecule has 0 atom stereocenters. The first kappa shape index (κ1) is 22.4. The molecule has 0 unspecified atom stereocenters. The minimum atomic E-state index is -3.51. The fraction of sp³-hybridized carbons (Fsp3) is 0.360. The van der Waals surface area contributed by atoms with Crippen molar-refractivity contribution < 1.29 is 13.2 Å². The van der Waals surface area contributed by atoms with Gasteiger partial charge in [-0.2, -0.15) is 4.31 Å². The van der Waals surface area contributed by atoms with E-state index in [2.05, 4.69) is 10.3 Å². The number of sulfonamides is 1. The van der Waals surface area contributed by atoms with Gasteiger partial charge in [0, 0.05) is 30.7 Å². The number of fused-ring (bicyclic) bond motifs is 1. The number of amides is 1. The molecule has 1 amide bonds. The third-order valence-corrected chi connectivity index (χ3v) is 8.00. The molecule has 4 rings (SSSR count). The summed E-state index contributed by atoms with van der Waals surface area (Å²) in [6.07, 6.45) is 3.61. The number of rotatable bonds is 6. The smallest absolute Gasteiger partial charge is 0.252 e. The van der Waals surface area contributed by atoms with Crippen molar-refractivity contribution in [3.05, 3.63) is 70.9 Å². The molecule has 1 fully saturated rings. The van der Waals surface area contributed by atoms with Gasteiger partial charge in [-0.05, 0) is 55.5 Å². The van der Waals surface area contributed by atoms with Crippen LogP contribution in [0.4, 0.5) is 0 Å². The lowest BCUT2D eigenvalue weighted by Crippen LogP contribution is -2.35. The van der Waals surface area contributed by atoms with Crippen LogP contribution in [0.25, 0.3) is 10.9 Å². The van der Waals surface area contributed by atoms with Gasteiger partial charge in [0.15, 0.2) is 0 Å². The van der Waals surface area contributed by atoms with Crippen molar-refractivity contribution in [1.82, 2.24) is 14.6 Å². The lowest BCUT2D eigenvalue weighted by molar-refractivity contribution is 0.0951. The predicted octanol–water partition coefficient (Wildman–Crippen LogP) is 4.21. The number of pyridine rings is 1. The number of carbonyl (C=O) groups excluding carboxylic acids is 1. The van der Waals surface area contributed by atoms with Gasteiger partial charge in [0.2, 0.25) is 10.0 Å². The monoisotopic (exact) mass is 451 g/mol. The normalized spacial score (nSPS) is 15.1. The van der Waals surface area contributed by atoms with Crippen LogP contribution in [0.5, 0.6) is 0 Å². The van der Waals surface area contributed by atoms with Gasteiger partial charge in [-0.3, -0.25) is 9.78 Å². The molecule has 0 aliphatic carbocycles. The number of hydrogen-bond donors (Lipinski definition) is 1. The van der Waals surface area contributed by atoms with Crippen molar-refractivity contribution in [1.29, 1.82) is 0 Å². The predicted molar refractivity (Wildman–Crippen MR) is 126 cm³/mol. The summed E-state index contributed by atoms with van der Waals surface area (Å²) < 4.78 is 27.5. The van der Waals surface area contributed by atoms with Gasteiger partial charge in [0.05, 0.1) is 16.0 Å². The maximum Gasteiger partial charge on any atom is 0.252 e. The minimum Gasteiger partial charge on any atom is -0.348 e. The molecular weight excluding hydrogens is 422 g/mol. The van der Waals surface area contributed by atoms with Gasteiger partial charge in [-0.1, -0.05) is 43.7 Å². The standard InChI is InChI=1S/C25H29N3O3S/c1-3-22-18(2)24(21-12-5-6-13-23(21)27-22)25(29)26-17-19-10-9-11-20(16-19)32(30,31)28-14-7-4-8-15-28/h5-6,9-13,16H,3-4,7-8,14-15,17H2,1-2H3,(H,26,29). The zero-order valence-electron chi connectivity index (χ0n) is 18.6. The van der Waals surface area contributed by atoms with Gasteiger partial charge in [0.1, 0.15) is 0 Å². The van der Waals surface area contributed by atoms with E-state index in [4.69, 9.17) is 0 Å². The average molecular weight is 452 g/mol. The van der Waals surface area contributed by atoms with Gasteiger partial charge >= 0.3 is 0 Å². The molecule has 6 nitrogen and oxygen atoms in total. The number of benzene rings is 2. The Morgan fingerprint density at radius 1 is 1.06 bits per heavy atom. The number of piperidine rings is 1. The van der Waals surface area contributed by atoms with E-state index >= 15 is 0 Å². The Hall–Kier alpha value is -2.77. The van der Waals surface area contributed by atoms with Gasteiger partial charge in [-0.25, -0.2) is 8.42 Å². The molecule has 2 heterocycles. The molecule has 1 aliphatic heterocycles. The SMILES string of the molecule is CCc1nc2ccccc2c(C(=O)NCc2cccc(S(=O)(=O)N3CCCCC3)c2)c1C. The van der Waals surface area contributed by atoms with E-state index in [9.17, 15) is 13.2 Å². The van der Waals surface area contributed by atoms with E-state index in [1.54, 1.807) is 22.5 Å². The number of nitrogens with one attached hydrogen (secondary N) is 1. The summed E-state index contributed by atoms with van der Waals surface area (Å²) in [5.41, 5.74) is 3.97. The molecule has 7 heteroatoms. The molecule has 3 aromatic rings. The summed E-state index contributed by atoms with van der Waals surface area (Å²) in [6.45, 7) is 5.34. The molecule has 32 heavy (non-hydrogen) atoms. The van der Waals surface area contributed by atoms with E-state index in [-0.39, 0.29) is 17.3 Å². The highest BCUT2D eigenvalue weighted by Crippen LogP contribution is 2.24. The maximum atomic E-state index is 13.2. The lowest BCUT2D eigenvalue weighted by atomic mass is 9.99. The van der Waals surface area contributed by atoms with E-state index in [0.717, 1.165) is 53.4 Å². The third kappa shape index (κ3) is 4.40. The number of hydrogen-bond acceptors (Lipinski definition) is 4. The summed E-state index contributed by atoms with van der Waals surface area (Å²) in [6, 6.07) is 14.5. The molecule has 1 N–H and O–H groups in total. The number of carbonyl (C=O) groups is 1. The van der Waals surface area contributed by atoms with Crippen molar-refractivity contribution in [2.24, 2.45) is 0 Å². The number of aromatic nitrogens is 1. The van der Waals surface area contributed by atoms with Crippen LogP contribution >= 0.6 is 0 Å². The summed E-state index contributed by atoms with van der Waals surface area (Å²) in [4.78, 5) is 18.2. The van der Waals surface area contributed by atoms with Crippen LogP contribution in [0, 0.1) is 6.92 Å². The maximum absolute atomic E-state index is 13.2. The quantitative estimate of drug-likeness (QED) is 0.609. The lowest BCUT2D eigenvalue weighted by Gasteiger charge is -2.26. The second-order valence-electron chi connectivity index (χ2n) is 8.22. The van der Waals surface area contributed by atoms with Gasteiger partial charge in [0.25, 0.3) is 5.91 Å². The van der Waals surface area contributed by atoms with Crippen LogP contribution in [0.2, 0.25) is 0 Å². The highest BCUT2D eigenvalue weighted by atomic mass is 32.2. The van der Waals surface area contributed by atoms with Gasteiger partial charge < -0.3 is 5.32 Å². The molecular formula is C25H29N3O3S. The van der Waals surface area contributed by atoms with Crippen LogP contribution in [0.1, 0.15) is 53.4 Å². The topological polar surface area (TPSA) is 79.4 Å². The molecule has 1 saturated heterocycles. The first-order valence-corrected chi connectivity index (χ1v) is 12.6. The summed E-state index contributed by atoms with van der Waals surface area (Å²) in [5, 5.41) is 3.80. The number of nitrogens with zero attached hydrogens (tertiary/aromatic N) is 2. The van der Waals surface area contributed by atoms with E-state index < -0.39 is 10.0 Å². The van der Waals surface area contributed by atoms with E-state index in [1.807, 2.05) is 44.2 Å². The van der Waals surface area contributed by atoms with Crippen molar-refractivity contribution in [3.63, 3.8) is 0 Å². The Labute approximate surface area is 189 Å². The fourth-order valence-corrected chi connectivity index (χ4v) is 5.92. The van der Waals surface area contributed by atoms with Crippen LogP contribution in [-0.2, 0) is 23.0 Å². The first-order valence-electron chi connectivity index (χ1n) is 11.2. The second-order valence-corrected chi connectivity index (χ2v) is 10.2. The van der Waals surface area contributed by atoms with E-state index in [0.29, 0.717) is 18.7 Å². The average Bonchev–Trinajstić information content (AvgIpc) is 2.83. The van der Waals surface area contributed by atoms with Crippen LogP contribution < -0.4 is 5.32 Å². The largest absolute Gasteiger partial charge is 0.348 e. The van der Waals surface area contributed by atoms with Crippen molar-refractivity contribution >= 4 is 26.8 Å². The molecule has 0 bridgehead atoms. The Morgan fingerprint density at radius 2 is 1.81 bits per heavy atom. The fourth-order valence-electron chi connectivity index (χ4n) is 4.34. The first-order chi connectivity index (χ1) is 15.4. The van der Waals surface area contributed by atoms with Gasteiger partial charge in [-0.15, -0.1) is 0 Å². The summed E-state index contributed by atoms with van der Waals surface area (Å²) in [5.74, 6) is -0.180. The van der Waals surface area contributed by atoms with Crippen LogP contribution in [-0.4, -0.2) is 36.7 Å². The second kappa shape index (κ2) is 9.38. The Kier molecular flexibility index (Phi) is 6.58. The molecule has 168 valence electrons. The molecule has 0 saturated carbocycles.